The van der Waals surface area contributed by atoms with Crippen molar-refractivity contribution in [1.82, 2.24) is 4.90 Å². The summed E-state index contributed by atoms with van der Waals surface area (Å²) in [7, 11) is 1.54. The highest BCUT2D eigenvalue weighted by molar-refractivity contribution is 5.87. The second kappa shape index (κ2) is 5.88. The second-order valence-electron chi connectivity index (χ2n) is 5.71. The van der Waals surface area contributed by atoms with Crippen LogP contribution >= 0.6 is 0 Å². The summed E-state index contributed by atoms with van der Waals surface area (Å²) in [5, 5.41) is 0. The van der Waals surface area contributed by atoms with Crippen molar-refractivity contribution in [2.75, 3.05) is 7.05 Å². The Morgan fingerprint density at radius 3 is 2.26 bits per heavy atom. The highest BCUT2D eigenvalue weighted by atomic mass is 16.9. The summed E-state index contributed by atoms with van der Waals surface area (Å²) in [5.41, 5.74) is -0.580. The highest BCUT2D eigenvalue weighted by Gasteiger charge is 2.33. The van der Waals surface area contributed by atoms with Crippen molar-refractivity contribution < 1.29 is 23.8 Å². The molecule has 1 amide bonds. The van der Waals surface area contributed by atoms with Crippen LogP contribution in [0.15, 0.2) is 0 Å². The number of carbonyl (C=O) groups is 2. The maximum absolute atomic E-state index is 12.0. The van der Waals surface area contributed by atoms with Gasteiger partial charge in [-0.15, -0.1) is 0 Å². The van der Waals surface area contributed by atoms with E-state index in [9.17, 15) is 9.59 Å². The lowest BCUT2D eigenvalue weighted by molar-refractivity contribution is -0.374. The van der Waals surface area contributed by atoms with E-state index >= 15 is 0 Å². The zero-order chi connectivity index (χ0) is 14.8. The maximum atomic E-state index is 12.0. The van der Waals surface area contributed by atoms with Crippen LogP contribution in [0.5, 0.6) is 0 Å². The Morgan fingerprint density at radius 1 is 1.32 bits per heavy atom. The van der Waals surface area contributed by atoms with Crippen molar-refractivity contribution in [3.8, 4) is 0 Å². The van der Waals surface area contributed by atoms with E-state index in [-0.39, 0.29) is 18.5 Å². The smallest absolute Gasteiger partial charge is 0.410 e. The number of Topliss-reactive ketones (excluding diaryl/α,β-unsaturated/α-hetero) is 1. The van der Waals surface area contributed by atoms with Gasteiger partial charge in [-0.25, -0.2) is 4.79 Å². The SMILES string of the molecule is CC1OC(CC(=O)C(C)N(C)C(=O)OC(C)(C)C)O1. The van der Waals surface area contributed by atoms with E-state index < -0.39 is 24.0 Å². The molecule has 0 aromatic heterocycles. The number of ketones is 1. The average Bonchev–Trinajstić information content (AvgIpc) is 2.22. The normalized spacial score (nSPS) is 24.3. The van der Waals surface area contributed by atoms with Gasteiger partial charge in [0.15, 0.2) is 18.4 Å². The van der Waals surface area contributed by atoms with Gasteiger partial charge < -0.3 is 19.1 Å². The number of amides is 1. The Balaban J connectivity index is 2.44. The molecule has 1 unspecified atom stereocenters. The summed E-state index contributed by atoms with van der Waals surface area (Å²) in [4.78, 5) is 25.1. The zero-order valence-corrected chi connectivity index (χ0v) is 12.4. The van der Waals surface area contributed by atoms with Crippen molar-refractivity contribution in [3.63, 3.8) is 0 Å². The van der Waals surface area contributed by atoms with E-state index in [2.05, 4.69) is 0 Å². The van der Waals surface area contributed by atoms with Crippen molar-refractivity contribution in [1.29, 1.82) is 0 Å². The lowest BCUT2D eigenvalue weighted by atomic mass is 10.1. The molecule has 1 fully saturated rings. The predicted octanol–water partition coefficient (Wildman–Crippen LogP) is 1.92. The summed E-state index contributed by atoms with van der Waals surface area (Å²) in [6, 6.07) is -0.571. The molecule has 1 saturated heterocycles. The van der Waals surface area contributed by atoms with Crippen molar-refractivity contribution >= 4 is 11.9 Å². The van der Waals surface area contributed by atoms with Crippen LogP contribution in [0.4, 0.5) is 4.79 Å². The van der Waals surface area contributed by atoms with Crippen LogP contribution < -0.4 is 0 Å². The summed E-state index contributed by atoms with van der Waals surface area (Å²) in [5.74, 6) is -0.120. The third kappa shape index (κ3) is 4.80. The molecule has 0 radical (unpaired) electrons. The standard InChI is InChI=1S/C13H23NO5/c1-8(10(15)7-11-17-9(2)18-11)14(6)12(16)19-13(3,4)5/h8-9,11H,7H2,1-6H3. The van der Waals surface area contributed by atoms with Crippen LogP contribution in [0.2, 0.25) is 0 Å². The number of nitrogens with zero attached hydrogens (tertiary/aromatic N) is 1. The third-order valence-corrected chi connectivity index (χ3v) is 2.78. The minimum Gasteiger partial charge on any atom is -0.444 e. The van der Waals surface area contributed by atoms with Gasteiger partial charge in [-0.2, -0.15) is 0 Å². The van der Waals surface area contributed by atoms with Crippen LogP contribution in [0.1, 0.15) is 41.0 Å². The topological polar surface area (TPSA) is 65.1 Å². The molecule has 19 heavy (non-hydrogen) atoms. The molecule has 1 aliphatic heterocycles. The van der Waals surface area contributed by atoms with Crippen molar-refractivity contribution in [2.45, 2.75) is 65.3 Å². The molecule has 6 heteroatoms. The van der Waals surface area contributed by atoms with E-state index in [0.717, 1.165) is 0 Å². The minimum absolute atomic E-state index is 0.120. The molecule has 1 aliphatic rings. The molecular formula is C13H23NO5. The molecule has 0 saturated carbocycles. The Kier molecular flexibility index (Phi) is 4.92. The van der Waals surface area contributed by atoms with Gasteiger partial charge in [-0.1, -0.05) is 0 Å². The molecule has 0 bridgehead atoms. The number of rotatable bonds is 4. The van der Waals surface area contributed by atoms with E-state index in [1.165, 1.54) is 4.90 Å². The lowest BCUT2D eigenvalue weighted by Crippen LogP contribution is -2.46. The molecule has 0 N–H and O–H groups in total. The van der Waals surface area contributed by atoms with Crippen LogP contribution in [-0.2, 0) is 19.0 Å². The first-order chi connectivity index (χ1) is 8.60. The van der Waals surface area contributed by atoms with Crippen LogP contribution in [0.3, 0.4) is 0 Å². The second-order valence-corrected chi connectivity index (χ2v) is 5.71. The Bertz CT molecular complexity index is 343. The average molecular weight is 273 g/mol. The summed E-state index contributed by atoms with van der Waals surface area (Å²) in [6.45, 7) is 8.76. The van der Waals surface area contributed by atoms with Crippen LogP contribution in [0.25, 0.3) is 0 Å². The molecule has 1 rings (SSSR count). The van der Waals surface area contributed by atoms with Crippen LogP contribution in [0, 0.1) is 0 Å². The van der Waals surface area contributed by atoms with Gasteiger partial charge in [0.1, 0.15) is 5.60 Å². The first-order valence-electron chi connectivity index (χ1n) is 6.39. The molecule has 0 aromatic rings. The number of likely N-dealkylation sites (N-methyl/N-ethyl adjacent to an activating group) is 1. The molecule has 0 aromatic carbocycles. The highest BCUT2D eigenvalue weighted by Crippen LogP contribution is 2.20. The summed E-state index contributed by atoms with van der Waals surface area (Å²) < 4.78 is 15.6. The zero-order valence-electron chi connectivity index (χ0n) is 12.4. The molecule has 1 atom stereocenters. The first kappa shape index (κ1) is 15.9. The largest absolute Gasteiger partial charge is 0.444 e. The van der Waals surface area contributed by atoms with Gasteiger partial charge in [0.05, 0.1) is 12.5 Å². The summed E-state index contributed by atoms with van der Waals surface area (Å²) >= 11 is 0. The molecule has 6 nitrogen and oxygen atoms in total. The maximum Gasteiger partial charge on any atom is 0.410 e. The van der Waals surface area contributed by atoms with Gasteiger partial charge >= 0.3 is 6.09 Å². The third-order valence-electron chi connectivity index (χ3n) is 2.78. The fourth-order valence-electron chi connectivity index (χ4n) is 1.58. The number of carbonyl (C=O) groups excluding carboxylic acids is 2. The molecular weight excluding hydrogens is 250 g/mol. The van der Waals surface area contributed by atoms with Crippen molar-refractivity contribution in [2.24, 2.45) is 0 Å². The van der Waals surface area contributed by atoms with Gasteiger partial charge in [-0.05, 0) is 34.6 Å². The minimum atomic E-state index is -0.580. The number of hydrogen-bond donors (Lipinski definition) is 0. The lowest BCUT2D eigenvalue weighted by Gasteiger charge is -2.34. The molecule has 1 heterocycles. The van der Waals surface area contributed by atoms with E-state index in [1.54, 1.807) is 41.7 Å². The van der Waals surface area contributed by atoms with Gasteiger partial charge in [0.25, 0.3) is 0 Å². The van der Waals surface area contributed by atoms with Crippen molar-refractivity contribution in [3.05, 3.63) is 0 Å². The van der Waals surface area contributed by atoms with E-state index in [4.69, 9.17) is 14.2 Å². The van der Waals surface area contributed by atoms with E-state index in [0.29, 0.717) is 0 Å². The predicted molar refractivity (Wildman–Crippen MR) is 68.5 cm³/mol. The van der Waals surface area contributed by atoms with Gasteiger partial charge in [0.2, 0.25) is 0 Å². The molecule has 0 aliphatic carbocycles. The molecule has 0 spiro atoms. The Morgan fingerprint density at radius 2 is 1.84 bits per heavy atom. The van der Waals surface area contributed by atoms with Gasteiger partial charge in [-0.3, -0.25) is 4.79 Å². The Labute approximate surface area is 114 Å². The van der Waals surface area contributed by atoms with Crippen LogP contribution in [-0.4, -0.2) is 48.0 Å². The van der Waals surface area contributed by atoms with Gasteiger partial charge in [0, 0.05) is 7.05 Å². The first-order valence-corrected chi connectivity index (χ1v) is 6.39. The quantitative estimate of drug-likeness (QED) is 0.783. The molecule has 110 valence electrons. The number of hydrogen-bond acceptors (Lipinski definition) is 5. The van der Waals surface area contributed by atoms with E-state index in [1.807, 2.05) is 0 Å². The fraction of sp³-hybridized carbons (Fsp3) is 0.846. The fourth-order valence-corrected chi connectivity index (χ4v) is 1.58. The monoisotopic (exact) mass is 273 g/mol. The summed E-state index contributed by atoms with van der Waals surface area (Å²) in [6.07, 6.45) is -1.12. The Hall–Kier alpha value is -1.14. The number of ether oxygens (including phenoxy) is 3.